The van der Waals surface area contributed by atoms with Gasteiger partial charge in [-0.25, -0.2) is 8.42 Å². The lowest BCUT2D eigenvalue weighted by atomic mass is 9.67. The van der Waals surface area contributed by atoms with Crippen molar-refractivity contribution >= 4 is 15.7 Å². The van der Waals surface area contributed by atoms with Crippen LogP contribution in [0, 0.1) is 11.8 Å². The van der Waals surface area contributed by atoms with E-state index in [1.165, 1.54) is 6.42 Å². The normalized spacial score (nSPS) is 34.8. The van der Waals surface area contributed by atoms with Gasteiger partial charge in [-0.1, -0.05) is 13.3 Å². The first-order chi connectivity index (χ1) is 8.91. The summed E-state index contributed by atoms with van der Waals surface area (Å²) in [5, 5.41) is 2.96. The Morgan fingerprint density at radius 2 is 1.84 bits per heavy atom. The maximum absolute atomic E-state index is 11.9. The van der Waals surface area contributed by atoms with Gasteiger partial charge in [0.1, 0.15) is 5.75 Å². The van der Waals surface area contributed by atoms with Gasteiger partial charge < -0.3 is 11.1 Å². The Hall–Kier alpha value is -0.620. The van der Waals surface area contributed by atoms with Crippen molar-refractivity contribution in [1.82, 2.24) is 5.32 Å². The molecule has 2 aliphatic rings. The maximum Gasteiger partial charge on any atom is 0.235 e. The molecule has 2 saturated carbocycles. The lowest BCUT2D eigenvalue weighted by Gasteiger charge is -2.45. The predicted molar refractivity (Wildman–Crippen MR) is 74.3 cm³/mol. The third-order valence-corrected chi connectivity index (χ3v) is 6.08. The molecule has 19 heavy (non-hydrogen) atoms. The Kier molecular flexibility index (Phi) is 4.50. The second-order valence-corrected chi connectivity index (χ2v) is 8.31. The summed E-state index contributed by atoms with van der Waals surface area (Å²) in [6, 6.07) is 0.371. The van der Waals surface area contributed by atoms with Crippen LogP contribution < -0.4 is 11.1 Å². The van der Waals surface area contributed by atoms with Gasteiger partial charge in [-0.15, -0.1) is 0 Å². The first-order valence-corrected chi connectivity index (χ1v) is 8.99. The van der Waals surface area contributed by atoms with Crippen LogP contribution in [-0.2, 0) is 14.6 Å². The van der Waals surface area contributed by atoms with Crippen LogP contribution in [-0.4, -0.2) is 37.9 Å². The number of hydrogen-bond acceptors (Lipinski definition) is 4. The predicted octanol–water partition coefficient (Wildman–Crippen LogP) is 0.443. The molecule has 2 unspecified atom stereocenters. The molecule has 0 aromatic heterocycles. The molecule has 2 bridgehead atoms. The van der Waals surface area contributed by atoms with Crippen LogP contribution in [0.2, 0.25) is 0 Å². The van der Waals surface area contributed by atoms with E-state index in [9.17, 15) is 13.2 Å². The highest BCUT2D eigenvalue weighted by Crippen LogP contribution is 2.39. The molecule has 1 amide bonds. The molecule has 0 aliphatic heterocycles. The second-order valence-electron chi connectivity index (χ2n) is 5.95. The molecule has 2 atom stereocenters. The molecule has 2 aliphatic carbocycles. The quantitative estimate of drug-likeness (QED) is 0.785. The molecule has 0 radical (unpaired) electrons. The maximum atomic E-state index is 11.9. The van der Waals surface area contributed by atoms with Crippen LogP contribution in [0.5, 0.6) is 0 Å². The molecule has 2 fully saturated rings. The summed E-state index contributed by atoms with van der Waals surface area (Å²) >= 11 is 0. The molecule has 0 saturated heterocycles. The number of nitrogens with two attached hydrogens (primary N) is 1. The van der Waals surface area contributed by atoms with Gasteiger partial charge in [-0.2, -0.15) is 0 Å². The number of carbonyl (C=O) groups is 1. The van der Waals surface area contributed by atoms with Gasteiger partial charge >= 0.3 is 0 Å². The summed E-state index contributed by atoms with van der Waals surface area (Å²) < 4.78 is 22.9. The minimum absolute atomic E-state index is 0.0167. The van der Waals surface area contributed by atoms with E-state index >= 15 is 0 Å². The van der Waals surface area contributed by atoms with Gasteiger partial charge in [0.2, 0.25) is 5.91 Å². The molecule has 6 heteroatoms. The Balaban J connectivity index is 1.97. The van der Waals surface area contributed by atoms with Crippen molar-refractivity contribution in [3.63, 3.8) is 0 Å². The smallest absolute Gasteiger partial charge is 0.235 e. The monoisotopic (exact) mass is 288 g/mol. The van der Waals surface area contributed by atoms with E-state index < -0.39 is 9.84 Å². The van der Waals surface area contributed by atoms with E-state index in [2.05, 4.69) is 5.32 Å². The summed E-state index contributed by atoms with van der Waals surface area (Å²) in [5.74, 6) is 0.139. The molecule has 110 valence electrons. The SMILES string of the molecule is CCS(=O)(=O)CC(=O)NC1C2CCCC1CC(N)C2. The van der Waals surface area contributed by atoms with E-state index in [4.69, 9.17) is 5.73 Å². The summed E-state index contributed by atoms with van der Waals surface area (Å²) in [4.78, 5) is 11.9. The summed E-state index contributed by atoms with van der Waals surface area (Å²) in [6.45, 7) is 1.57. The van der Waals surface area contributed by atoms with Crippen LogP contribution >= 0.6 is 0 Å². The van der Waals surface area contributed by atoms with Gasteiger partial charge in [0, 0.05) is 17.8 Å². The second kappa shape index (κ2) is 5.79. The molecule has 0 spiro atoms. The fraction of sp³-hybridized carbons (Fsp3) is 0.923. The van der Waals surface area contributed by atoms with Crippen molar-refractivity contribution in [2.75, 3.05) is 11.5 Å². The number of hydrogen-bond donors (Lipinski definition) is 2. The fourth-order valence-electron chi connectivity index (χ4n) is 3.55. The molecular formula is C13H24N2O3S. The van der Waals surface area contributed by atoms with Gasteiger partial charge in [0.25, 0.3) is 0 Å². The van der Waals surface area contributed by atoms with Crippen LogP contribution in [0.1, 0.15) is 39.0 Å². The van der Waals surface area contributed by atoms with Gasteiger partial charge in [-0.3, -0.25) is 4.79 Å². The number of fused-ring (bicyclic) bond motifs is 2. The summed E-state index contributed by atoms with van der Waals surface area (Å²) in [5.41, 5.74) is 6.03. The summed E-state index contributed by atoms with van der Waals surface area (Å²) in [7, 11) is -3.24. The molecule has 0 heterocycles. The van der Waals surface area contributed by atoms with E-state index in [0.717, 1.165) is 25.7 Å². The summed E-state index contributed by atoms with van der Waals surface area (Å²) in [6.07, 6.45) is 5.27. The average Bonchev–Trinajstić information content (AvgIpc) is 2.29. The zero-order valence-corrected chi connectivity index (χ0v) is 12.3. The number of nitrogens with one attached hydrogen (secondary N) is 1. The van der Waals surface area contributed by atoms with E-state index in [1.54, 1.807) is 6.92 Å². The zero-order chi connectivity index (χ0) is 14.0. The van der Waals surface area contributed by atoms with E-state index in [-0.39, 0.29) is 29.5 Å². The number of amides is 1. The van der Waals surface area contributed by atoms with Crippen molar-refractivity contribution < 1.29 is 13.2 Å². The van der Waals surface area contributed by atoms with Crippen molar-refractivity contribution in [3.05, 3.63) is 0 Å². The highest BCUT2D eigenvalue weighted by Gasteiger charge is 2.40. The Labute approximate surface area is 115 Å². The minimum atomic E-state index is -3.24. The number of rotatable bonds is 4. The Bertz CT molecular complexity index is 421. The topological polar surface area (TPSA) is 89.3 Å². The Morgan fingerprint density at radius 3 is 2.37 bits per heavy atom. The standard InChI is InChI=1S/C13H24N2O3S/c1-2-19(17,18)8-12(16)15-13-9-4-3-5-10(13)7-11(14)6-9/h9-11,13H,2-8,14H2,1H3,(H,15,16). The van der Waals surface area contributed by atoms with Crippen LogP contribution in [0.25, 0.3) is 0 Å². The number of carbonyl (C=O) groups excluding carboxylic acids is 1. The third-order valence-electron chi connectivity index (χ3n) is 4.50. The van der Waals surface area contributed by atoms with E-state index in [1.807, 2.05) is 0 Å². The number of sulfone groups is 1. The molecule has 2 rings (SSSR count). The average molecular weight is 288 g/mol. The van der Waals surface area contributed by atoms with Crippen molar-refractivity contribution in [1.29, 1.82) is 0 Å². The molecule has 3 N–H and O–H groups in total. The van der Waals surface area contributed by atoms with Crippen LogP contribution in [0.3, 0.4) is 0 Å². The molecular weight excluding hydrogens is 264 g/mol. The minimum Gasteiger partial charge on any atom is -0.352 e. The van der Waals surface area contributed by atoms with Gasteiger partial charge in [0.05, 0.1) is 0 Å². The van der Waals surface area contributed by atoms with Crippen molar-refractivity contribution in [2.45, 2.75) is 51.1 Å². The zero-order valence-electron chi connectivity index (χ0n) is 11.5. The lowest BCUT2D eigenvalue weighted by Crippen LogP contribution is -2.54. The van der Waals surface area contributed by atoms with Gasteiger partial charge in [0.15, 0.2) is 9.84 Å². The highest BCUT2D eigenvalue weighted by molar-refractivity contribution is 7.92. The largest absolute Gasteiger partial charge is 0.352 e. The van der Waals surface area contributed by atoms with Gasteiger partial charge in [-0.05, 0) is 37.5 Å². The molecule has 5 nitrogen and oxygen atoms in total. The lowest BCUT2D eigenvalue weighted by molar-refractivity contribution is -0.120. The highest BCUT2D eigenvalue weighted by atomic mass is 32.2. The molecule has 0 aromatic carbocycles. The third kappa shape index (κ3) is 3.69. The first-order valence-electron chi connectivity index (χ1n) is 7.16. The van der Waals surface area contributed by atoms with Crippen LogP contribution in [0.4, 0.5) is 0 Å². The van der Waals surface area contributed by atoms with Crippen LogP contribution in [0.15, 0.2) is 0 Å². The van der Waals surface area contributed by atoms with E-state index in [0.29, 0.717) is 11.8 Å². The Morgan fingerprint density at radius 1 is 1.26 bits per heavy atom. The van der Waals surface area contributed by atoms with Crippen molar-refractivity contribution in [3.8, 4) is 0 Å². The van der Waals surface area contributed by atoms with Crippen molar-refractivity contribution in [2.24, 2.45) is 17.6 Å². The molecule has 0 aromatic rings. The fourth-order valence-corrected chi connectivity index (χ4v) is 4.24. The first kappa shape index (κ1) is 14.8.